The largest absolute Gasteiger partial charge is 0.497 e. The average Bonchev–Trinajstić information content (AvgIpc) is 2.85. The molecule has 1 heterocycles. The van der Waals surface area contributed by atoms with Crippen LogP contribution in [-0.2, 0) is 13.1 Å². The Morgan fingerprint density at radius 1 is 1.32 bits per heavy atom. The number of aromatic nitrogens is 2. The predicted octanol–water partition coefficient (Wildman–Crippen LogP) is 3.34. The molecule has 1 aromatic carbocycles. The minimum absolute atomic E-state index is 0. The Bertz CT molecular complexity index is 499. The normalized spacial score (nSPS) is 9.79. The van der Waals surface area contributed by atoms with Crippen molar-refractivity contribution in [3.63, 3.8) is 0 Å². The van der Waals surface area contributed by atoms with Crippen LogP contribution in [0.5, 0.6) is 5.75 Å². The highest BCUT2D eigenvalue weighted by atomic mass is 35.5. The molecule has 2 rings (SSSR count). The molecule has 0 radical (unpaired) electrons. The lowest BCUT2D eigenvalue weighted by molar-refractivity contribution is 0.414. The summed E-state index contributed by atoms with van der Waals surface area (Å²) in [5, 5.41) is 7.74. The van der Waals surface area contributed by atoms with Crippen LogP contribution in [0.4, 0.5) is 5.82 Å². The Labute approximate surface area is 120 Å². The van der Waals surface area contributed by atoms with Gasteiger partial charge in [-0.1, -0.05) is 19.1 Å². The first-order chi connectivity index (χ1) is 8.81. The molecule has 0 amide bonds. The van der Waals surface area contributed by atoms with Crippen LogP contribution >= 0.6 is 12.4 Å². The lowest BCUT2D eigenvalue weighted by Gasteiger charge is -2.05. The molecule has 0 saturated carbocycles. The van der Waals surface area contributed by atoms with E-state index in [9.17, 15) is 0 Å². The molecule has 0 bridgehead atoms. The third kappa shape index (κ3) is 4.48. The maximum Gasteiger partial charge on any atom is 0.148 e. The monoisotopic (exact) mass is 281 g/mol. The molecule has 5 heteroatoms. The van der Waals surface area contributed by atoms with Gasteiger partial charge in [-0.05, 0) is 24.1 Å². The maximum atomic E-state index is 5.20. The summed E-state index contributed by atoms with van der Waals surface area (Å²) in [6.45, 7) is 3.85. The van der Waals surface area contributed by atoms with Crippen LogP contribution in [-0.4, -0.2) is 16.9 Å². The summed E-state index contributed by atoms with van der Waals surface area (Å²) in [6.07, 6.45) is 3.09. The zero-order valence-electron chi connectivity index (χ0n) is 11.3. The van der Waals surface area contributed by atoms with Gasteiger partial charge in [-0.2, -0.15) is 5.10 Å². The number of nitrogens with zero attached hydrogens (tertiary/aromatic N) is 2. The van der Waals surface area contributed by atoms with Gasteiger partial charge in [0.25, 0.3) is 0 Å². The van der Waals surface area contributed by atoms with E-state index < -0.39 is 0 Å². The van der Waals surface area contributed by atoms with Gasteiger partial charge in [0, 0.05) is 25.4 Å². The Kier molecular flexibility index (Phi) is 6.22. The fourth-order valence-electron chi connectivity index (χ4n) is 1.78. The van der Waals surface area contributed by atoms with Crippen molar-refractivity contribution in [2.24, 2.45) is 0 Å². The van der Waals surface area contributed by atoms with Crippen LogP contribution in [0.25, 0.3) is 0 Å². The van der Waals surface area contributed by atoms with Gasteiger partial charge in [-0.15, -0.1) is 12.4 Å². The third-order valence-corrected chi connectivity index (χ3v) is 2.70. The Balaban J connectivity index is 0.00000180. The fourth-order valence-corrected chi connectivity index (χ4v) is 1.78. The van der Waals surface area contributed by atoms with Crippen LogP contribution in [0.1, 0.15) is 18.9 Å². The molecule has 0 aliphatic carbocycles. The summed E-state index contributed by atoms with van der Waals surface area (Å²) >= 11 is 0. The van der Waals surface area contributed by atoms with Gasteiger partial charge in [0.2, 0.25) is 0 Å². The highest BCUT2D eigenvalue weighted by Gasteiger charge is 1.99. The summed E-state index contributed by atoms with van der Waals surface area (Å²) in [4.78, 5) is 0. The van der Waals surface area contributed by atoms with Crippen LogP contribution in [0.2, 0.25) is 0 Å². The lowest BCUT2D eigenvalue weighted by Crippen LogP contribution is -2.02. The fraction of sp³-hybridized carbons (Fsp3) is 0.357. The van der Waals surface area contributed by atoms with Crippen LogP contribution in [0.3, 0.4) is 0 Å². The average molecular weight is 282 g/mol. The first kappa shape index (κ1) is 15.4. The molecule has 104 valence electrons. The maximum absolute atomic E-state index is 5.20. The number of methoxy groups -OCH3 is 1. The summed E-state index contributed by atoms with van der Waals surface area (Å²) < 4.78 is 7.15. The number of hydrogen-bond acceptors (Lipinski definition) is 3. The van der Waals surface area contributed by atoms with E-state index in [0.717, 1.165) is 31.1 Å². The molecule has 0 fully saturated rings. The molecular weight excluding hydrogens is 262 g/mol. The SMILES string of the molecule is CCCn1ccc(NCc2cccc(OC)c2)n1.Cl. The standard InChI is InChI=1S/C14H19N3O.ClH/c1-3-8-17-9-7-14(16-17)15-11-12-5-4-6-13(10-12)18-2;/h4-7,9-10H,3,8,11H2,1-2H3,(H,15,16);1H. The highest BCUT2D eigenvalue weighted by Crippen LogP contribution is 2.13. The Morgan fingerprint density at radius 3 is 2.89 bits per heavy atom. The van der Waals surface area contributed by atoms with E-state index in [1.165, 1.54) is 5.56 Å². The topological polar surface area (TPSA) is 39.1 Å². The molecule has 0 atom stereocenters. The third-order valence-electron chi connectivity index (χ3n) is 2.70. The van der Waals surface area contributed by atoms with Gasteiger partial charge in [0.1, 0.15) is 11.6 Å². The Morgan fingerprint density at radius 2 is 2.16 bits per heavy atom. The van der Waals surface area contributed by atoms with E-state index >= 15 is 0 Å². The molecule has 0 saturated heterocycles. The quantitative estimate of drug-likeness (QED) is 0.883. The number of halogens is 1. The van der Waals surface area contributed by atoms with Gasteiger partial charge < -0.3 is 10.1 Å². The van der Waals surface area contributed by atoms with Gasteiger partial charge in [-0.25, -0.2) is 0 Å². The van der Waals surface area contributed by atoms with Gasteiger partial charge in [0.05, 0.1) is 7.11 Å². The second kappa shape index (κ2) is 7.69. The lowest BCUT2D eigenvalue weighted by atomic mass is 10.2. The molecule has 1 N–H and O–H groups in total. The minimum atomic E-state index is 0. The number of benzene rings is 1. The molecule has 19 heavy (non-hydrogen) atoms. The van der Waals surface area contributed by atoms with Crippen LogP contribution in [0, 0.1) is 0 Å². The second-order valence-electron chi connectivity index (χ2n) is 4.17. The van der Waals surface area contributed by atoms with E-state index in [2.05, 4.69) is 23.4 Å². The predicted molar refractivity (Wildman–Crippen MR) is 80.1 cm³/mol. The number of rotatable bonds is 6. The smallest absolute Gasteiger partial charge is 0.148 e. The number of aryl methyl sites for hydroxylation is 1. The van der Waals surface area contributed by atoms with Crippen molar-refractivity contribution >= 4 is 18.2 Å². The molecule has 0 aliphatic rings. The molecule has 2 aromatic rings. The molecule has 0 spiro atoms. The van der Waals surface area contributed by atoms with Crippen molar-refractivity contribution in [3.8, 4) is 5.75 Å². The highest BCUT2D eigenvalue weighted by molar-refractivity contribution is 5.85. The summed E-state index contributed by atoms with van der Waals surface area (Å²) in [5.41, 5.74) is 1.18. The summed E-state index contributed by atoms with van der Waals surface area (Å²) in [5.74, 6) is 1.79. The minimum Gasteiger partial charge on any atom is -0.497 e. The molecule has 1 aromatic heterocycles. The van der Waals surface area contributed by atoms with Crippen molar-refractivity contribution < 1.29 is 4.74 Å². The van der Waals surface area contributed by atoms with E-state index in [0.29, 0.717) is 0 Å². The van der Waals surface area contributed by atoms with E-state index in [-0.39, 0.29) is 12.4 Å². The first-order valence-corrected chi connectivity index (χ1v) is 6.22. The van der Waals surface area contributed by atoms with Crippen molar-refractivity contribution in [1.29, 1.82) is 0 Å². The van der Waals surface area contributed by atoms with Gasteiger partial charge in [0.15, 0.2) is 0 Å². The van der Waals surface area contributed by atoms with Crippen molar-refractivity contribution in [1.82, 2.24) is 9.78 Å². The van der Waals surface area contributed by atoms with Crippen molar-refractivity contribution in [3.05, 3.63) is 42.1 Å². The number of hydrogen-bond donors (Lipinski definition) is 1. The van der Waals surface area contributed by atoms with E-state index in [1.807, 2.05) is 35.1 Å². The summed E-state index contributed by atoms with van der Waals surface area (Å²) in [6, 6.07) is 10.0. The van der Waals surface area contributed by atoms with Gasteiger partial charge in [-0.3, -0.25) is 4.68 Å². The first-order valence-electron chi connectivity index (χ1n) is 6.22. The van der Waals surface area contributed by atoms with Crippen LogP contribution < -0.4 is 10.1 Å². The number of nitrogens with one attached hydrogen (secondary N) is 1. The van der Waals surface area contributed by atoms with Gasteiger partial charge >= 0.3 is 0 Å². The second-order valence-corrected chi connectivity index (χ2v) is 4.17. The molecular formula is C14H20ClN3O. The molecule has 0 unspecified atom stereocenters. The van der Waals surface area contributed by atoms with Crippen molar-refractivity contribution in [2.45, 2.75) is 26.4 Å². The van der Waals surface area contributed by atoms with Crippen molar-refractivity contribution in [2.75, 3.05) is 12.4 Å². The molecule has 4 nitrogen and oxygen atoms in total. The zero-order valence-corrected chi connectivity index (χ0v) is 12.1. The van der Waals surface area contributed by atoms with E-state index in [1.54, 1.807) is 7.11 Å². The van der Waals surface area contributed by atoms with E-state index in [4.69, 9.17) is 4.74 Å². The summed E-state index contributed by atoms with van der Waals surface area (Å²) in [7, 11) is 1.68. The number of anilines is 1. The van der Waals surface area contributed by atoms with Crippen LogP contribution in [0.15, 0.2) is 36.5 Å². The molecule has 0 aliphatic heterocycles. The Hall–Kier alpha value is -1.68. The number of ether oxygens (including phenoxy) is 1. The zero-order chi connectivity index (χ0) is 12.8.